The number of likely N-dealkylation sites (N-methyl/N-ethyl adjacent to an activating group) is 1. The van der Waals surface area contributed by atoms with Crippen LogP contribution in [0, 0.1) is 6.92 Å². The Kier molecular flexibility index (Phi) is 2.47. The van der Waals surface area contributed by atoms with Crippen molar-refractivity contribution in [1.82, 2.24) is 10.2 Å². The summed E-state index contributed by atoms with van der Waals surface area (Å²) in [6, 6.07) is 12.9. The molecule has 2 aromatic carbocycles. The second-order valence-corrected chi connectivity index (χ2v) is 4.99. The van der Waals surface area contributed by atoms with E-state index in [1.54, 1.807) is 4.90 Å². The van der Waals surface area contributed by atoms with E-state index in [0.29, 0.717) is 0 Å². The largest absolute Gasteiger partial charge is 0.329 e. The highest BCUT2D eigenvalue weighted by Crippen LogP contribution is 2.24. The van der Waals surface area contributed by atoms with Gasteiger partial charge in [-0.1, -0.05) is 35.9 Å². The first kappa shape index (κ1) is 11.1. The van der Waals surface area contributed by atoms with Gasteiger partial charge in [-0.25, -0.2) is 4.79 Å². The van der Waals surface area contributed by atoms with Crippen LogP contribution in [0.1, 0.15) is 17.2 Å². The molecule has 2 amide bonds. The third-order valence-corrected chi connectivity index (χ3v) is 3.52. The van der Waals surface area contributed by atoms with Crippen LogP contribution in [-0.2, 0) is 0 Å². The fourth-order valence-electron chi connectivity index (χ4n) is 2.45. The molecule has 3 nitrogen and oxygen atoms in total. The number of fused-ring (bicyclic) bond motifs is 1. The second-order valence-electron chi connectivity index (χ2n) is 4.99. The number of amides is 2. The van der Waals surface area contributed by atoms with Gasteiger partial charge >= 0.3 is 6.03 Å². The van der Waals surface area contributed by atoms with Gasteiger partial charge in [0.05, 0.1) is 6.04 Å². The lowest BCUT2D eigenvalue weighted by molar-refractivity contribution is 0.226. The molecule has 18 heavy (non-hydrogen) atoms. The van der Waals surface area contributed by atoms with Crippen LogP contribution in [-0.4, -0.2) is 24.5 Å². The van der Waals surface area contributed by atoms with E-state index in [-0.39, 0.29) is 12.1 Å². The Morgan fingerprint density at radius 2 is 1.89 bits per heavy atom. The van der Waals surface area contributed by atoms with Gasteiger partial charge in [-0.2, -0.15) is 0 Å². The van der Waals surface area contributed by atoms with Crippen LogP contribution >= 0.6 is 0 Å². The Hall–Kier alpha value is -2.03. The van der Waals surface area contributed by atoms with Crippen molar-refractivity contribution in [3.8, 4) is 0 Å². The smallest absolute Gasteiger partial charge is 0.317 e. The van der Waals surface area contributed by atoms with E-state index in [1.165, 1.54) is 21.9 Å². The van der Waals surface area contributed by atoms with Crippen molar-refractivity contribution in [3.63, 3.8) is 0 Å². The van der Waals surface area contributed by atoms with Crippen LogP contribution in [0.25, 0.3) is 10.8 Å². The van der Waals surface area contributed by atoms with Gasteiger partial charge in [-0.05, 0) is 29.3 Å². The van der Waals surface area contributed by atoms with Crippen LogP contribution in [0.2, 0.25) is 0 Å². The zero-order chi connectivity index (χ0) is 12.7. The first-order valence-electron chi connectivity index (χ1n) is 6.15. The molecule has 1 fully saturated rings. The quantitative estimate of drug-likeness (QED) is 0.816. The maximum atomic E-state index is 11.5. The molecule has 92 valence electrons. The van der Waals surface area contributed by atoms with E-state index in [0.717, 1.165) is 6.54 Å². The van der Waals surface area contributed by atoms with Gasteiger partial charge in [-0.3, -0.25) is 0 Å². The van der Waals surface area contributed by atoms with E-state index in [2.05, 4.69) is 48.6 Å². The molecule has 0 aliphatic carbocycles. The van der Waals surface area contributed by atoms with Crippen molar-refractivity contribution < 1.29 is 4.79 Å². The molecule has 0 saturated carbocycles. The second kappa shape index (κ2) is 4.02. The van der Waals surface area contributed by atoms with Gasteiger partial charge in [-0.15, -0.1) is 0 Å². The summed E-state index contributed by atoms with van der Waals surface area (Å²) in [6.45, 7) is 2.83. The molecule has 0 aromatic heterocycles. The first-order valence-corrected chi connectivity index (χ1v) is 6.15. The Bertz CT molecular complexity index is 621. The monoisotopic (exact) mass is 240 g/mol. The molecule has 0 bridgehead atoms. The predicted molar refractivity (Wildman–Crippen MR) is 72.6 cm³/mol. The van der Waals surface area contributed by atoms with Crippen LogP contribution in [0.3, 0.4) is 0 Å². The molecule has 3 rings (SSSR count). The average Bonchev–Trinajstić information content (AvgIpc) is 2.69. The minimum Gasteiger partial charge on any atom is -0.329 e. The van der Waals surface area contributed by atoms with Gasteiger partial charge in [0.2, 0.25) is 0 Å². The Morgan fingerprint density at radius 1 is 1.17 bits per heavy atom. The maximum absolute atomic E-state index is 11.5. The summed E-state index contributed by atoms with van der Waals surface area (Å²) in [7, 11) is 1.82. The number of aryl methyl sites for hydroxylation is 1. The lowest BCUT2D eigenvalue weighted by atomic mass is 10.0. The van der Waals surface area contributed by atoms with Crippen molar-refractivity contribution in [3.05, 3.63) is 47.5 Å². The number of benzene rings is 2. The Labute approximate surface area is 106 Å². The standard InChI is InChI=1S/C15H16N2O/c1-10-3-4-12-8-13(6-5-11(12)7-10)14-9-17(2)15(18)16-14/h3-8,14H,9H2,1-2H3,(H,16,18). The summed E-state index contributed by atoms with van der Waals surface area (Å²) in [5.74, 6) is 0. The fraction of sp³-hybridized carbons (Fsp3) is 0.267. The molecule has 0 radical (unpaired) electrons. The highest BCUT2D eigenvalue weighted by atomic mass is 16.2. The minimum atomic E-state index is 0.00371. The Morgan fingerprint density at radius 3 is 2.61 bits per heavy atom. The molecular weight excluding hydrogens is 224 g/mol. The summed E-state index contributed by atoms with van der Waals surface area (Å²) in [5, 5.41) is 5.45. The molecule has 1 heterocycles. The summed E-state index contributed by atoms with van der Waals surface area (Å²) >= 11 is 0. The number of rotatable bonds is 1. The summed E-state index contributed by atoms with van der Waals surface area (Å²) in [4.78, 5) is 13.2. The molecule has 1 N–H and O–H groups in total. The van der Waals surface area contributed by atoms with Gasteiger partial charge in [0.25, 0.3) is 0 Å². The van der Waals surface area contributed by atoms with Gasteiger partial charge in [0, 0.05) is 13.6 Å². The number of nitrogens with zero attached hydrogens (tertiary/aromatic N) is 1. The summed E-state index contributed by atoms with van der Waals surface area (Å²) in [6.07, 6.45) is 0. The van der Waals surface area contributed by atoms with E-state index < -0.39 is 0 Å². The molecule has 1 atom stereocenters. The highest BCUT2D eigenvalue weighted by Gasteiger charge is 2.26. The van der Waals surface area contributed by atoms with Crippen LogP contribution in [0.15, 0.2) is 36.4 Å². The lowest BCUT2D eigenvalue weighted by Crippen LogP contribution is -2.23. The van der Waals surface area contributed by atoms with Gasteiger partial charge < -0.3 is 10.2 Å². The number of hydrogen-bond acceptors (Lipinski definition) is 1. The molecule has 2 aromatic rings. The normalized spacial score (nSPS) is 19.3. The maximum Gasteiger partial charge on any atom is 0.317 e. The van der Waals surface area contributed by atoms with Crippen molar-refractivity contribution in [2.24, 2.45) is 0 Å². The Balaban J connectivity index is 1.99. The van der Waals surface area contributed by atoms with E-state index in [9.17, 15) is 4.79 Å². The highest BCUT2D eigenvalue weighted by molar-refractivity contribution is 5.84. The zero-order valence-electron chi connectivity index (χ0n) is 10.6. The molecule has 1 unspecified atom stereocenters. The van der Waals surface area contributed by atoms with Gasteiger partial charge in [0.1, 0.15) is 0 Å². The molecule has 3 heteroatoms. The number of nitrogens with one attached hydrogen (secondary N) is 1. The molecule has 1 aliphatic rings. The van der Waals surface area contributed by atoms with Crippen molar-refractivity contribution >= 4 is 16.8 Å². The van der Waals surface area contributed by atoms with Crippen LogP contribution < -0.4 is 5.32 Å². The van der Waals surface area contributed by atoms with E-state index in [4.69, 9.17) is 0 Å². The topological polar surface area (TPSA) is 32.3 Å². The predicted octanol–water partition coefficient (Wildman–Crippen LogP) is 2.84. The molecule has 0 spiro atoms. The summed E-state index contributed by atoms with van der Waals surface area (Å²) < 4.78 is 0. The first-order chi connectivity index (χ1) is 8.63. The number of carbonyl (C=O) groups is 1. The SMILES string of the molecule is Cc1ccc2cc(C3CN(C)C(=O)N3)ccc2c1. The van der Waals surface area contributed by atoms with Crippen LogP contribution in [0.5, 0.6) is 0 Å². The van der Waals surface area contributed by atoms with E-state index >= 15 is 0 Å². The lowest BCUT2D eigenvalue weighted by Gasteiger charge is -2.11. The zero-order valence-corrected chi connectivity index (χ0v) is 10.6. The minimum absolute atomic E-state index is 0.00371. The number of urea groups is 1. The number of hydrogen-bond donors (Lipinski definition) is 1. The molecular formula is C15H16N2O. The third kappa shape index (κ3) is 1.82. The van der Waals surface area contributed by atoms with Crippen molar-refractivity contribution in [2.45, 2.75) is 13.0 Å². The van der Waals surface area contributed by atoms with E-state index in [1.807, 2.05) is 7.05 Å². The van der Waals surface area contributed by atoms with Crippen molar-refractivity contribution in [2.75, 3.05) is 13.6 Å². The van der Waals surface area contributed by atoms with Crippen LogP contribution in [0.4, 0.5) is 4.79 Å². The molecule has 1 aliphatic heterocycles. The van der Waals surface area contributed by atoms with Crippen molar-refractivity contribution in [1.29, 1.82) is 0 Å². The molecule has 1 saturated heterocycles. The fourth-order valence-corrected chi connectivity index (χ4v) is 2.45. The average molecular weight is 240 g/mol. The number of carbonyl (C=O) groups excluding carboxylic acids is 1. The van der Waals surface area contributed by atoms with Gasteiger partial charge in [0.15, 0.2) is 0 Å². The summed E-state index contributed by atoms with van der Waals surface area (Å²) in [5.41, 5.74) is 2.44. The third-order valence-electron chi connectivity index (χ3n) is 3.52.